The number of pyridine rings is 1. The number of hydrogen-bond donors (Lipinski definition) is 3. The van der Waals surface area contributed by atoms with Crippen molar-refractivity contribution in [1.82, 2.24) is 24.7 Å². The van der Waals surface area contributed by atoms with Crippen LogP contribution in [0.15, 0.2) is 24.7 Å². The number of carbonyl (C=O) groups excluding carboxylic acids is 1. The number of aliphatic carboxylic acids is 1. The summed E-state index contributed by atoms with van der Waals surface area (Å²) in [6, 6.07) is 2.23. The van der Waals surface area contributed by atoms with Crippen LogP contribution in [0.4, 0.5) is 35.2 Å². The Bertz CT molecular complexity index is 1350. The Morgan fingerprint density at radius 1 is 1.24 bits per heavy atom. The lowest BCUT2D eigenvalue weighted by Gasteiger charge is -2.34. The summed E-state index contributed by atoms with van der Waals surface area (Å²) in [5.74, 6) is -1.20. The molecule has 2 aliphatic rings. The van der Waals surface area contributed by atoms with E-state index in [1.165, 1.54) is 12.8 Å². The summed E-state index contributed by atoms with van der Waals surface area (Å²) in [6.07, 6.45) is 1.10. The zero-order valence-electron chi connectivity index (χ0n) is 20.9. The molecular weight excluding hydrogens is 509 g/mol. The van der Waals surface area contributed by atoms with Gasteiger partial charge in [-0.2, -0.15) is 18.2 Å². The summed E-state index contributed by atoms with van der Waals surface area (Å²) in [6.45, 7) is 7.49. The van der Waals surface area contributed by atoms with Gasteiger partial charge in [-0.1, -0.05) is 0 Å². The van der Waals surface area contributed by atoms with Gasteiger partial charge in [-0.05, 0) is 26.3 Å². The Labute approximate surface area is 215 Å². The van der Waals surface area contributed by atoms with Crippen LogP contribution >= 0.6 is 0 Å². The summed E-state index contributed by atoms with van der Waals surface area (Å²) in [5, 5.41) is 13.5. The minimum absolute atomic E-state index is 0.256. The van der Waals surface area contributed by atoms with Crippen LogP contribution in [0.3, 0.4) is 0 Å². The number of methoxy groups -OCH3 is 1. The molecule has 5 rings (SSSR count). The number of carboxylic acid groups (broad SMARTS) is 1. The van der Waals surface area contributed by atoms with Gasteiger partial charge in [0.15, 0.2) is 0 Å². The Morgan fingerprint density at radius 2 is 1.97 bits per heavy atom. The fraction of sp³-hybridized carbons (Fsp3) is 0.435. The van der Waals surface area contributed by atoms with Crippen molar-refractivity contribution < 1.29 is 32.6 Å². The number of hydrogen-bond acceptors (Lipinski definition) is 8. The Hall–Kier alpha value is -4.14. The van der Waals surface area contributed by atoms with Crippen molar-refractivity contribution in [3.8, 4) is 5.88 Å². The van der Waals surface area contributed by atoms with Gasteiger partial charge in [0.2, 0.25) is 11.7 Å². The molecule has 15 heteroatoms. The number of nitrogens with one attached hydrogen (secondary N) is 2. The van der Waals surface area contributed by atoms with E-state index < -0.39 is 12.1 Å². The number of aryl methyl sites for hydroxylation is 1. The molecule has 38 heavy (non-hydrogen) atoms. The summed E-state index contributed by atoms with van der Waals surface area (Å²) >= 11 is 0. The highest BCUT2D eigenvalue weighted by Crippen LogP contribution is 2.35. The van der Waals surface area contributed by atoms with Crippen molar-refractivity contribution in [3.63, 3.8) is 0 Å². The molecule has 0 aromatic carbocycles. The van der Waals surface area contributed by atoms with E-state index in [4.69, 9.17) is 14.6 Å². The van der Waals surface area contributed by atoms with E-state index in [2.05, 4.69) is 43.5 Å². The van der Waals surface area contributed by atoms with Gasteiger partial charge in [-0.25, -0.2) is 19.6 Å². The quantitative estimate of drug-likeness (QED) is 0.461. The second-order valence-electron chi connectivity index (χ2n) is 8.82. The molecule has 0 radical (unpaired) electrons. The zero-order chi connectivity index (χ0) is 27.6. The second-order valence-corrected chi connectivity index (χ2v) is 8.82. The largest absolute Gasteiger partial charge is 0.490 e. The molecule has 1 atom stereocenters. The van der Waals surface area contributed by atoms with E-state index in [0.717, 1.165) is 37.3 Å². The van der Waals surface area contributed by atoms with Crippen molar-refractivity contribution in [3.05, 3.63) is 35.9 Å². The van der Waals surface area contributed by atoms with E-state index in [-0.39, 0.29) is 6.03 Å². The first-order chi connectivity index (χ1) is 18.0. The fourth-order valence-corrected chi connectivity index (χ4v) is 4.37. The molecule has 1 saturated heterocycles. The number of piperazine rings is 1. The predicted molar refractivity (Wildman–Crippen MR) is 132 cm³/mol. The van der Waals surface area contributed by atoms with Crippen LogP contribution in [0.1, 0.15) is 18.2 Å². The number of aromatic nitrogens is 4. The Kier molecular flexibility index (Phi) is 7.57. The molecule has 5 heterocycles. The summed E-state index contributed by atoms with van der Waals surface area (Å²) < 4.78 is 38.9. The number of urea groups is 1. The number of anilines is 3. The van der Waals surface area contributed by atoms with E-state index >= 15 is 0 Å². The molecule has 2 amide bonds. The van der Waals surface area contributed by atoms with Gasteiger partial charge >= 0.3 is 18.2 Å². The van der Waals surface area contributed by atoms with Crippen LogP contribution in [-0.4, -0.2) is 82.0 Å². The second kappa shape index (κ2) is 10.7. The molecule has 204 valence electrons. The number of alkyl halides is 3. The minimum Gasteiger partial charge on any atom is -0.479 e. The van der Waals surface area contributed by atoms with Gasteiger partial charge in [-0.3, -0.25) is 9.30 Å². The molecule has 0 spiro atoms. The highest BCUT2D eigenvalue weighted by atomic mass is 19.4. The average molecular weight is 537 g/mol. The van der Waals surface area contributed by atoms with Gasteiger partial charge in [-0.15, -0.1) is 0 Å². The lowest BCUT2D eigenvalue weighted by molar-refractivity contribution is -0.192. The first-order valence-corrected chi connectivity index (χ1v) is 11.7. The normalized spacial score (nSPS) is 17.1. The molecule has 0 bridgehead atoms. The topological polar surface area (TPSA) is 137 Å². The van der Waals surface area contributed by atoms with Gasteiger partial charge in [0.1, 0.15) is 11.5 Å². The monoisotopic (exact) mass is 536 g/mol. The van der Waals surface area contributed by atoms with Crippen LogP contribution in [0.2, 0.25) is 0 Å². The van der Waals surface area contributed by atoms with Crippen LogP contribution < -0.4 is 25.2 Å². The van der Waals surface area contributed by atoms with E-state index in [0.29, 0.717) is 35.7 Å². The Morgan fingerprint density at radius 3 is 2.63 bits per heavy atom. The zero-order valence-corrected chi connectivity index (χ0v) is 20.9. The van der Waals surface area contributed by atoms with Crippen LogP contribution in [0, 0.1) is 6.92 Å². The molecule has 0 saturated carbocycles. The van der Waals surface area contributed by atoms with Crippen LogP contribution in [-0.2, 0) is 11.2 Å². The van der Waals surface area contributed by atoms with E-state index in [1.54, 1.807) is 21.7 Å². The van der Waals surface area contributed by atoms with Gasteiger partial charge in [0, 0.05) is 62.1 Å². The lowest BCUT2D eigenvalue weighted by atomic mass is 10.1. The third-order valence-corrected chi connectivity index (χ3v) is 6.01. The lowest BCUT2D eigenvalue weighted by Crippen LogP contribution is -2.49. The fourth-order valence-electron chi connectivity index (χ4n) is 4.37. The molecule has 3 N–H and O–H groups in total. The number of amides is 2. The Balaban J connectivity index is 0.000000426. The molecule has 12 nitrogen and oxygen atoms in total. The number of nitrogens with zero attached hydrogens (tertiary/aromatic N) is 6. The highest BCUT2D eigenvalue weighted by Gasteiger charge is 2.38. The number of carboxylic acids is 1. The maximum absolute atomic E-state index is 13.2. The minimum atomic E-state index is -5.08. The smallest absolute Gasteiger partial charge is 0.479 e. The summed E-state index contributed by atoms with van der Waals surface area (Å²) in [4.78, 5) is 39.4. The third kappa shape index (κ3) is 5.72. The molecule has 0 aliphatic carbocycles. The van der Waals surface area contributed by atoms with Gasteiger partial charge in [0.25, 0.3) is 0 Å². The van der Waals surface area contributed by atoms with Crippen molar-refractivity contribution in [2.45, 2.75) is 32.5 Å². The van der Waals surface area contributed by atoms with Crippen LogP contribution in [0.5, 0.6) is 5.88 Å². The molecule has 2 aliphatic heterocycles. The maximum atomic E-state index is 13.2. The van der Waals surface area contributed by atoms with Gasteiger partial charge in [0.05, 0.1) is 12.8 Å². The molecule has 3 aromatic heterocycles. The number of imidazole rings is 1. The van der Waals surface area contributed by atoms with Crippen molar-refractivity contribution in [1.29, 1.82) is 0 Å². The summed E-state index contributed by atoms with van der Waals surface area (Å²) in [7, 11) is 1.53. The van der Waals surface area contributed by atoms with Crippen molar-refractivity contribution in [2.24, 2.45) is 0 Å². The first kappa shape index (κ1) is 26.9. The summed E-state index contributed by atoms with van der Waals surface area (Å²) in [5.41, 5.74) is 3.61. The number of carbonyl (C=O) groups is 2. The highest BCUT2D eigenvalue weighted by molar-refractivity contribution is 6.03. The molecule has 3 aromatic rings. The molecule has 0 unspecified atom stereocenters. The number of rotatable bonds is 3. The van der Waals surface area contributed by atoms with Crippen molar-refractivity contribution >= 4 is 35.0 Å². The number of halogens is 3. The van der Waals surface area contributed by atoms with Crippen molar-refractivity contribution in [2.75, 3.05) is 48.4 Å². The average Bonchev–Trinajstić information content (AvgIpc) is 3.45. The molecular formula is C23H27F3N8O4. The third-order valence-electron chi connectivity index (χ3n) is 6.01. The van der Waals surface area contributed by atoms with E-state index in [9.17, 15) is 18.0 Å². The number of fused-ring (bicyclic) bond motifs is 2. The SMILES string of the molecule is COc1nc2nc(C)cn2cc1NC(=O)N1CCc2c(N3CCN[C@@H](C)C3)ccnc21.O=C(O)C(F)(F)F. The molecule has 1 fully saturated rings. The maximum Gasteiger partial charge on any atom is 0.490 e. The number of ether oxygens (including phenoxy) is 1. The standard InChI is InChI=1S/C21H26N8O2.C2HF3O2/c1-13-10-27(9-7-22-13)17-4-6-23-18-15(17)5-8-29(18)21(30)25-16-12-28-11-14(2)24-20(28)26-19(16)31-3;3-2(4,5)1(6)7/h4,6,11-13,22H,5,7-10H2,1-3H3,(H,25,30);(H,6,7)/t13-;/m0./s1. The first-order valence-electron chi connectivity index (χ1n) is 11.7. The van der Waals surface area contributed by atoms with Crippen LogP contribution in [0.25, 0.3) is 5.78 Å². The predicted octanol–water partition coefficient (Wildman–Crippen LogP) is 2.47. The van der Waals surface area contributed by atoms with Gasteiger partial charge < -0.3 is 25.4 Å². The van der Waals surface area contributed by atoms with E-state index in [1.807, 2.05) is 13.1 Å².